The van der Waals surface area contributed by atoms with E-state index in [1.807, 2.05) is 49.1 Å². The Bertz CT molecular complexity index is 1060. The fraction of sp³-hybridized carbons (Fsp3) is 0.348. The molecule has 3 aromatic rings. The van der Waals surface area contributed by atoms with Crippen LogP contribution in [0.25, 0.3) is 5.52 Å². The summed E-state index contributed by atoms with van der Waals surface area (Å²) in [6, 6.07) is 11.4. The minimum absolute atomic E-state index is 0.106. The first-order chi connectivity index (χ1) is 13.9. The third-order valence-electron chi connectivity index (χ3n) is 5.50. The Kier molecular flexibility index (Phi) is 5.09. The van der Waals surface area contributed by atoms with Crippen LogP contribution in [0.4, 0.5) is 5.69 Å². The van der Waals surface area contributed by atoms with Gasteiger partial charge in [0.25, 0.3) is 11.8 Å². The van der Waals surface area contributed by atoms with Crippen molar-refractivity contribution >= 4 is 23.0 Å². The molecule has 0 saturated carbocycles. The van der Waals surface area contributed by atoms with E-state index in [2.05, 4.69) is 23.3 Å². The van der Waals surface area contributed by atoms with Crippen molar-refractivity contribution in [1.82, 2.24) is 14.3 Å². The van der Waals surface area contributed by atoms with Gasteiger partial charge in [-0.15, -0.1) is 0 Å². The number of aromatic nitrogens is 2. The summed E-state index contributed by atoms with van der Waals surface area (Å²) in [5.74, 6) is 0.416. The first-order valence-electron chi connectivity index (χ1n) is 10.1. The molecule has 2 amide bonds. The molecule has 1 aromatic carbocycles. The summed E-state index contributed by atoms with van der Waals surface area (Å²) >= 11 is 0. The minimum Gasteiger partial charge on any atom is -0.337 e. The zero-order valence-electron chi connectivity index (χ0n) is 17.1. The quantitative estimate of drug-likeness (QED) is 0.733. The standard InChI is InChI=1S/C23H26N4O2/c1-15-7-10-26(11-8-15)23(29)20-19-6-4-5-9-27(19)21(25-20)22(28)24-18-13-16(2)12-17(3)14-18/h4-6,9,12-15H,7-8,10-11H2,1-3H3,(H,24,28). The number of nitrogens with one attached hydrogen (secondary N) is 1. The molecule has 6 nitrogen and oxygen atoms in total. The van der Waals surface area contributed by atoms with Gasteiger partial charge in [-0.2, -0.15) is 0 Å². The van der Waals surface area contributed by atoms with Crippen LogP contribution in [0.15, 0.2) is 42.6 Å². The Morgan fingerprint density at radius 1 is 1.07 bits per heavy atom. The maximum absolute atomic E-state index is 13.1. The number of rotatable bonds is 3. The maximum Gasteiger partial charge on any atom is 0.292 e. The van der Waals surface area contributed by atoms with E-state index in [1.165, 1.54) is 0 Å². The number of nitrogens with zero attached hydrogens (tertiary/aromatic N) is 3. The largest absolute Gasteiger partial charge is 0.337 e. The second kappa shape index (κ2) is 7.70. The first-order valence-corrected chi connectivity index (χ1v) is 10.1. The van der Waals surface area contributed by atoms with E-state index in [-0.39, 0.29) is 17.6 Å². The lowest BCUT2D eigenvalue weighted by Gasteiger charge is -2.29. The Morgan fingerprint density at radius 2 is 1.76 bits per heavy atom. The topological polar surface area (TPSA) is 66.7 Å². The molecule has 29 heavy (non-hydrogen) atoms. The van der Waals surface area contributed by atoms with Crippen LogP contribution in [0.5, 0.6) is 0 Å². The van der Waals surface area contributed by atoms with Crippen molar-refractivity contribution in [2.75, 3.05) is 18.4 Å². The Labute approximate surface area is 170 Å². The zero-order valence-corrected chi connectivity index (χ0v) is 17.1. The van der Waals surface area contributed by atoms with Gasteiger partial charge in [0, 0.05) is 25.0 Å². The van der Waals surface area contributed by atoms with Crippen molar-refractivity contribution in [3.05, 3.63) is 65.2 Å². The highest BCUT2D eigenvalue weighted by Gasteiger charge is 2.27. The fourth-order valence-electron chi connectivity index (χ4n) is 3.95. The molecule has 1 aliphatic rings. The number of carbonyl (C=O) groups is 2. The molecule has 0 atom stereocenters. The number of piperidine rings is 1. The normalized spacial score (nSPS) is 14.9. The van der Waals surface area contributed by atoms with Crippen LogP contribution in [0.2, 0.25) is 0 Å². The molecule has 6 heteroatoms. The number of hydrogen-bond acceptors (Lipinski definition) is 3. The van der Waals surface area contributed by atoms with Gasteiger partial charge in [0.1, 0.15) is 0 Å². The van der Waals surface area contributed by atoms with Crippen molar-refractivity contribution < 1.29 is 9.59 Å². The van der Waals surface area contributed by atoms with Crippen molar-refractivity contribution in [3.8, 4) is 0 Å². The summed E-state index contributed by atoms with van der Waals surface area (Å²) < 4.78 is 1.69. The second-order valence-electron chi connectivity index (χ2n) is 8.05. The van der Waals surface area contributed by atoms with Gasteiger partial charge in [-0.1, -0.05) is 19.1 Å². The molecule has 0 aliphatic carbocycles. The van der Waals surface area contributed by atoms with Gasteiger partial charge >= 0.3 is 0 Å². The van der Waals surface area contributed by atoms with Crippen LogP contribution < -0.4 is 5.32 Å². The van der Waals surface area contributed by atoms with E-state index < -0.39 is 0 Å². The summed E-state index contributed by atoms with van der Waals surface area (Å²) in [6.07, 6.45) is 3.77. The highest BCUT2D eigenvalue weighted by Crippen LogP contribution is 2.22. The smallest absolute Gasteiger partial charge is 0.292 e. The van der Waals surface area contributed by atoms with Crippen molar-refractivity contribution in [1.29, 1.82) is 0 Å². The van der Waals surface area contributed by atoms with Gasteiger partial charge in [-0.05, 0) is 68.0 Å². The lowest BCUT2D eigenvalue weighted by atomic mass is 9.99. The second-order valence-corrected chi connectivity index (χ2v) is 8.05. The lowest BCUT2D eigenvalue weighted by Crippen LogP contribution is -2.38. The predicted molar refractivity (Wildman–Crippen MR) is 113 cm³/mol. The zero-order chi connectivity index (χ0) is 20.5. The number of aryl methyl sites for hydroxylation is 2. The number of amides is 2. The van der Waals surface area contributed by atoms with Gasteiger partial charge in [0.15, 0.2) is 5.69 Å². The number of benzene rings is 1. The summed E-state index contributed by atoms with van der Waals surface area (Å²) in [6.45, 7) is 7.66. The van der Waals surface area contributed by atoms with E-state index in [1.54, 1.807) is 10.6 Å². The molecule has 150 valence electrons. The monoisotopic (exact) mass is 390 g/mol. The number of hydrogen-bond donors (Lipinski definition) is 1. The number of imidazole rings is 1. The van der Waals surface area contributed by atoms with E-state index >= 15 is 0 Å². The molecule has 3 heterocycles. The summed E-state index contributed by atoms with van der Waals surface area (Å²) in [5, 5.41) is 2.92. The number of fused-ring (bicyclic) bond motifs is 1. The van der Waals surface area contributed by atoms with Crippen LogP contribution in [-0.2, 0) is 0 Å². The van der Waals surface area contributed by atoms with Crippen molar-refractivity contribution in [3.63, 3.8) is 0 Å². The van der Waals surface area contributed by atoms with Crippen LogP contribution in [-0.4, -0.2) is 39.2 Å². The molecule has 1 saturated heterocycles. The number of likely N-dealkylation sites (tertiary alicyclic amines) is 1. The van der Waals surface area contributed by atoms with Crippen LogP contribution >= 0.6 is 0 Å². The molecule has 0 bridgehead atoms. The van der Waals surface area contributed by atoms with Crippen LogP contribution in [0.3, 0.4) is 0 Å². The Balaban J connectivity index is 1.66. The van der Waals surface area contributed by atoms with Gasteiger partial charge < -0.3 is 10.2 Å². The molecule has 0 spiro atoms. The number of anilines is 1. The number of pyridine rings is 1. The van der Waals surface area contributed by atoms with Crippen molar-refractivity contribution in [2.45, 2.75) is 33.6 Å². The SMILES string of the molecule is Cc1cc(C)cc(NC(=O)c2nc(C(=O)N3CCC(C)CC3)c3ccccn23)c1. The van der Waals surface area contributed by atoms with Crippen LogP contribution in [0.1, 0.15) is 52.0 Å². The molecule has 1 N–H and O–H groups in total. The molecule has 0 unspecified atom stereocenters. The summed E-state index contributed by atoms with van der Waals surface area (Å²) in [5.41, 5.74) is 3.86. The van der Waals surface area contributed by atoms with E-state index in [4.69, 9.17) is 0 Å². The summed E-state index contributed by atoms with van der Waals surface area (Å²) in [7, 11) is 0. The van der Waals surface area contributed by atoms with Gasteiger partial charge in [-0.25, -0.2) is 4.98 Å². The van der Waals surface area contributed by atoms with E-state index in [9.17, 15) is 9.59 Å². The molecule has 4 rings (SSSR count). The molecule has 0 radical (unpaired) electrons. The average Bonchev–Trinajstić information content (AvgIpc) is 3.07. The maximum atomic E-state index is 13.1. The Hall–Kier alpha value is -3.15. The fourth-order valence-corrected chi connectivity index (χ4v) is 3.95. The minimum atomic E-state index is -0.331. The van der Waals surface area contributed by atoms with E-state index in [0.29, 0.717) is 17.1 Å². The average molecular weight is 390 g/mol. The molecule has 2 aromatic heterocycles. The predicted octanol–water partition coefficient (Wildman–Crippen LogP) is 4.08. The van der Waals surface area contributed by atoms with Gasteiger partial charge in [0.2, 0.25) is 5.82 Å². The molecule has 1 aliphatic heterocycles. The summed E-state index contributed by atoms with van der Waals surface area (Å²) in [4.78, 5) is 32.4. The van der Waals surface area contributed by atoms with Crippen LogP contribution in [0, 0.1) is 19.8 Å². The first kappa shape index (κ1) is 19.2. The highest BCUT2D eigenvalue weighted by atomic mass is 16.2. The van der Waals surface area contributed by atoms with Gasteiger partial charge in [0.05, 0.1) is 5.52 Å². The van der Waals surface area contributed by atoms with Crippen molar-refractivity contribution in [2.24, 2.45) is 5.92 Å². The third-order valence-corrected chi connectivity index (χ3v) is 5.50. The third kappa shape index (κ3) is 3.88. The number of carbonyl (C=O) groups excluding carboxylic acids is 2. The molecular formula is C23H26N4O2. The molecular weight excluding hydrogens is 364 g/mol. The Morgan fingerprint density at radius 3 is 2.45 bits per heavy atom. The lowest BCUT2D eigenvalue weighted by molar-refractivity contribution is 0.0694. The van der Waals surface area contributed by atoms with Gasteiger partial charge in [-0.3, -0.25) is 14.0 Å². The molecule has 1 fully saturated rings. The van der Waals surface area contributed by atoms with E-state index in [0.717, 1.165) is 42.7 Å². The highest BCUT2D eigenvalue weighted by molar-refractivity contribution is 6.06.